The molecule has 0 aromatic carbocycles. The van der Waals surface area contributed by atoms with Gasteiger partial charge in [-0.05, 0) is 6.07 Å². The molecular weight excluding hydrogens is 335 g/mol. The highest BCUT2D eigenvalue weighted by Gasteiger charge is 2.33. The van der Waals surface area contributed by atoms with Gasteiger partial charge in [0.1, 0.15) is 6.04 Å². The van der Waals surface area contributed by atoms with Gasteiger partial charge in [-0.25, -0.2) is 9.48 Å². The molecule has 9 nitrogen and oxygen atoms in total. The number of carbonyl (C=O) groups is 3. The molecule has 1 unspecified atom stereocenters. The van der Waals surface area contributed by atoms with Crippen molar-refractivity contribution in [3.63, 3.8) is 0 Å². The van der Waals surface area contributed by atoms with Gasteiger partial charge in [-0.2, -0.15) is 18.3 Å². The lowest BCUT2D eigenvalue weighted by atomic mass is 10.1. The minimum absolute atomic E-state index is 0.207. The molecule has 1 aromatic heterocycles. The van der Waals surface area contributed by atoms with Crippen LogP contribution in [0.2, 0.25) is 0 Å². The van der Waals surface area contributed by atoms with Crippen LogP contribution in [0.3, 0.4) is 0 Å². The van der Waals surface area contributed by atoms with Gasteiger partial charge in [-0.15, -0.1) is 0 Å². The fourth-order valence-corrected chi connectivity index (χ4v) is 1.94. The molecule has 1 fully saturated rings. The van der Waals surface area contributed by atoms with Crippen molar-refractivity contribution in [1.29, 1.82) is 0 Å². The lowest BCUT2D eigenvalue weighted by Crippen LogP contribution is -2.57. The van der Waals surface area contributed by atoms with Crippen molar-refractivity contribution in [3.8, 4) is 0 Å². The fraction of sp³-hybridized carbons (Fsp3) is 0.417. The van der Waals surface area contributed by atoms with Crippen LogP contribution in [0.15, 0.2) is 16.9 Å². The zero-order chi connectivity index (χ0) is 17.9. The van der Waals surface area contributed by atoms with E-state index in [1.54, 1.807) is 0 Å². The molecule has 0 radical (unpaired) electrons. The second-order valence-electron chi connectivity index (χ2n) is 4.85. The number of rotatable bonds is 4. The van der Waals surface area contributed by atoms with Gasteiger partial charge in [0.05, 0.1) is 13.0 Å². The lowest BCUT2D eigenvalue weighted by molar-refractivity contribution is -0.142. The summed E-state index contributed by atoms with van der Waals surface area (Å²) < 4.78 is 38.2. The first-order chi connectivity index (χ1) is 11.2. The van der Waals surface area contributed by atoms with Crippen molar-refractivity contribution < 1.29 is 27.6 Å². The number of nitrogens with zero attached hydrogens (tertiary/aromatic N) is 2. The van der Waals surface area contributed by atoms with Gasteiger partial charge in [0, 0.05) is 12.6 Å². The molecule has 2 heterocycles. The van der Waals surface area contributed by atoms with E-state index in [0.29, 0.717) is 10.7 Å². The Morgan fingerprint density at radius 3 is 2.67 bits per heavy atom. The first kappa shape index (κ1) is 17.4. The summed E-state index contributed by atoms with van der Waals surface area (Å²) in [5, 5.41) is 9.65. The summed E-state index contributed by atoms with van der Waals surface area (Å²) in [6, 6.07) is -0.615. The molecule has 4 amide bonds. The van der Waals surface area contributed by atoms with E-state index in [1.807, 2.05) is 5.32 Å². The van der Waals surface area contributed by atoms with Crippen molar-refractivity contribution in [3.05, 3.63) is 28.2 Å². The van der Waals surface area contributed by atoms with Gasteiger partial charge in [0.25, 0.3) is 5.56 Å². The SMILES string of the molecule is O=C1CC(C(=O)NCCn2nc(C(F)(F)F)ccc2=O)NC(=O)N1. The Morgan fingerprint density at radius 1 is 1.33 bits per heavy atom. The van der Waals surface area contributed by atoms with Gasteiger partial charge in [0.2, 0.25) is 11.8 Å². The first-order valence-electron chi connectivity index (χ1n) is 6.70. The Balaban J connectivity index is 1.94. The number of alkyl halides is 3. The number of nitrogens with one attached hydrogen (secondary N) is 3. The molecule has 1 saturated heterocycles. The Kier molecular flexibility index (Phi) is 4.85. The minimum atomic E-state index is -4.70. The van der Waals surface area contributed by atoms with E-state index in [4.69, 9.17) is 0 Å². The Hall–Kier alpha value is -2.92. The minimum Gasteiger partial charge on any atom is -0.352 e. The van der Waals surface area contributed by atoms with E-state index in [-0.39, 0.29) is 19.5 Å². The van der Waals surface area contributed by atoms with Gasteiger partial charge in [-0.1, -0.05) is 0 Å². The topological polar surface area (TPSA) is 122 Å². The lowest BCUT2D eigenvalue weighted by Gasteiger charge is -2.22. The van der Waals surface area contributed by atoms with Crippen LogP contribution in [0, 0.1) is 0 Å². The van der Waals surface area contributed by atoms with Crippen molar-refractivity contribution in [2.75, 3.05) is 6.54 Å². The van der Waals surface area contributed by atoms with E-state index >= 15 is 0 Å². The van der Waals surface area contributed by atoms with E-state index in [9.17, 15) is 32.3 Å². The normalized spacial score (nSPS) is 17.9. The standard InChI is InChI=1S/C12H12F3N5O4/c13-12(14,15)7-1-2-9(22)20(19-7)4-3-16-10(23)6-5-8(21)18-11(24)17-6/h1-2,6H,3-5H2,(H,16,23)(H2,17,18,21,24). The third-order valence-electron chi connectivity index (χ3n) is 3.04. The van der Waals surface area contributed by atoms with Gasteiger partial charge in [-0.3, -0.25) is 19.7 Å². The summed E-state index contributed by atoms with van der Waals surface area (Å²) in [7, 11) is 0. The number of hydrogen-bond acceptors (Lipinski definition) is 5. The summed E-state index contributed by atoms with van der Waals surface area (Å²) in [6.07, 6.45) is -4.96. The van der Waals surface area contributed by atoms with Crippen LogP contribution in [0.4, 0.5) is 18.0 Å². The molecule has 1 aromatic rings. The molecule has 130 valence electrons. The van der Waals surface area contributed by atoms with Crippen LogP contribution in [0.5, 0.6) is 0 Å². The summed E-state index contributed by atoms with van der Waals surface area (Å²) in [6.45, 7) is -0.512. The van der Waals surface area contributed by atoms with E-state index in [1.165, 1.54) is 0 Å². The molecule has 12 heteroatoms. The van der Waals surface area contributed by atoms with Gasteiger partial charge >= 0.3 is 12.2 Å². The van der Waals surface area contributed by atoms with Gasteiger partial charge < -0.3 is 10.6 Å². The van der Waals surface area contributed by atoms with E-state index in [2.05, 4.69) is 15.7 Å². The van der Waals surface area contributed by atoms with Crippen molar-refractivity contribution in [1.82, 2.24) is 25.7 Å². The maximum absolute atomic E-state index is 12.5. The zero-order valence-electron chi connectivity index (χ0n) is 12.0. The summed E-state index contributed by atoms with van der Waals surface area (Å²) in [4.78, 5) is 45.5. The molecule has 0 saturated carbocycles. The van der Waals surface area contributed by atoms with Crippen LogP contribution >= 0.6 is 0 Å². The predicted octanol–water partition coefficient (Wildman–Crippen LogP) is -1.02. The number of carbonyl (C=O) groups excluding carboxylic acids is 3. The molecule has 24 heavy (non-hydrogen) atoms. The number of halogens is 3. The molecule has 1 aliphatic heterocycles. The average molecular weight is 347 g/mol. The maximum Gasteiger partial charge on any atom is 0.435 e. The molecule has 0 spiro atoms. The smallest absolute Gasteiger partial charge is 0.352 e. The Morgan fingerprint density at radius 2 is 2.04 bits per heavy atom. The number of imide groups is 1. The summed E-state index contributed by atoms with van der Waals surface area (Å²) in [5.41, 5.74) is -1.99. The summed E-state index contributed by atoms with van der Waals surface area (Å²) in [5.74, 6) is -1.33. The second kappa shape index (κ2) is 6.68. The predicted molar refractivity (Wildman–Crippen MR) is 71.6 cm³/mol. The van der Waals surface area contributed by atoms with Crippen LogP contribution in [-0.2, 0) is 22.3 Å². The molecule has 2 rings (SSSR count). The van der Waals surface area contributed by atoms with Crippen LogP contribution < -0.4 is 21.5 Å². The highest BCUT2D eigenvalue weighted by Crippen LogP contribution is 2.26. The Labute approximate surface area is 132 Å². The highest BCUT2D eigenvalue weighted by atomic mass is 19.4. The highest BCUT2D eigenvalue weighted by molar-refractivity contribution is 6.02. The molecule has 0 bridgehead atoms. The van der Waals surface area contributed by atoms with Crippen molar-refractivity contribution in [2.45, 2.75) is 25.2 Å². The number of urea groups is 1. The third kappa shape index (κ3) is 4.30. The molecule has 3 N–H and O–H groups in total. The van der Waals surface area contributed by atoms with Crippen molar-refractivity contribution in [2.24, 2.45) is 0 Å². The Bertz CT molecular complexity index is 714. The average Bonchev–Trinajstić information content (AvgIpc) is 2.46. The van der Waals surface area contributed by atoms with E-state index in [0.717, 1.165) is 6.07 Å². The maximum atomic E-state index is 12.5. The summed E-state index contributed by atoms with van der Waals surface area (Å²) >= 11 is 0. The third-order valence-corrected chi connectivity index (χ3v) is 3.04. The number of aromatic nitrogens is 2. The fourth-order valence-electron chi connectivity index (χ4n) is 1.94. The van der Waals surface area contributed by atoms with Crippen LogP contribution in [0.25, 0.3) is 0 Å². The molecule has 1 atom stereocenters. The van der Waals surface area contributed by atoms with E-state index < -0.39 is 41.3 Å². The van der Waals surface area contributed by atoms with Gasteiger partial charge in [0.15, 0.2) is 5.69 Å². The molecular formula is C12H12F3N5O4. The quantitative estimate of drug-likeness (QED) is 0.643. The van der Waals surface area contributed by atoms with Crippen LogP contribution in [-0.4, -0.2) is 40.2 Å². The monoisotopic (exact) mass is 347 g/mol. The van der Waals surface area contributed by atoms with Crippen LogP contribution in [0.1, 0.15) is 12.1 Å². The number of hydrogen-bond donors (Lipinski definition) is 3. The largest absolute Gasteiger partial charge is 0.435 e. The number of amides is 4. The first-order valence-corrected chi connectivity index (χ1v) is 6.70. The second-order valence-corrected chi connectivity index (χ2v) is 4.85. The molecule has 0 aliphatic carbocycles. The zero-order valence-corrected chi connectivity index (χ0v) is 12.0. The molecule has 1 aliphatic rings. The van der Waals surface area contributed by atoms with Crippen molar-refractivity contribution >= 4 is 17.8 Å².